The van der Waals surface area contributed by atoms with Gasteiger partial charge in [-0.25, -0.2) is 8.42 Å². The van der Waals surface area contributed by atoms with E-state index >= 15 is 0 Å². The van der Waals surface area contributed by atoms with Gasteiger partial charge in [0.25, 0.3) is 5.91 Å². The lowest BCUT2D eigenvalue weighted by atomic mass is 10.2. The summed E-state index contributed by atoms with van der Waals surface area (Å²) < 4.78 is 27.5. The number of amides is 1. The highest BCUT2D eigenvalue weighted by atomic mass is 35.5. The van der Waals surface area contributed by atoms with Crippen LogP contribution in [0.3, 0.4) is 0 Å². The monoisotopic (exact) mass is 392 g/mol. The second-order valence-corrected chi connectivity index (χ2v) is 8.60. The molecule has 1 fully saturated rings. The number of sulfonamides is 1. The minimum absolute atomic E-state index is 0.144. The average molecular weight is 393 g/mol. The van der Waals surface area contributed by atoms with Gasteiger partial charge in [0.2, 0.25) is 10.0 Å². The number of halogens is 1. The second kappa shape index (κ2) is 8.20. The number of nitrogens with one attached hydrogen (secondary N) is 1. The first-order valence-electron chi connectivity index (χ1n) is 8.60. The fourth-order valence-electron chi connectivity index (χ4n) is 3.02. The van der Waals surface area contributed by atoms with Crippen molar-refractivity contribution in [2.75, 3.05) is 13.1 Å². The Morgan fingerprint density at radius 1 is 1.00 bits per heavy atom. The minimum atomic E-state index is -3.55. The van der Waals surface area contributed by atoms with Crippen molar-refractivity contribution in [1.82, 2.24) is 9.62 Å². The Balaban J connectivity index is 1.77. The highest BCUT2D eigenvalue weighted by molar-refractivity contribution is 7.89. The lowest BCUT2D eigenvalue weighted by Crippen LogP contribution is -2.36. The summed E-state index contributed by atoms with van der Waals surface area (Å²) in [6.07, 6.45) is 2.83. The quantitative estimate of drug-likeness (QED) is 0.847. The van der Waals surface area contributed by atoms with Crippen LogP contribution in [0.2, 0.25) is 5.02 Å². The first kappa shape index (κ1) is 18.9. The molecule has 0 aromatic heterocycles. The molecule has 3 rings (SSSR count). The van der Waals surface area contributed by atoms with Crippen LogP contribution in [0, 0.1) is 0 Å². The predicted molar refractivity (Wildman–Crippen MR) is 102 cm³/mol. The van der Waals surface area contributed by atoms with Gasteiger partial charge in [-0.05, 0) is 48.7 Å². The lowest BCUT2D eigenvalue weighted by Gasteiger charge is -2.26. The smallest absolute Gasteiger partial charge is 0.251 e. The fourth-order valence-corrected chi connectivity index (χ4v) is 4.89. The van der Waals surface area contributed by atoms with E-state index in [2.05, 4.69) is 5.32 Å². The number of carbonyl (C=O) groups is 1. The van der Waals surface area contributed by atoms with E-state index in [0.717, 1.165) is 19.3 Å². The summed E-state index contributed by atoms with van der Waals surface area (Å²) in [4.78, 5) is 12.5. The predicted octanol–water partition coefficient (Wildman–Crippen LogP) is 3.44. The van der Waals surface area contributed by atoms with Gasteiger partial charge in [0.15, 0.2) is 0 Å². The van der Waals surface area contributed by atoms with Crippen LogP contribution < -0.4 is 5.32 Å². The Morgan fingerprint density at radius 2 is 1.65 bits per heavy atom. The van der Waals surface area contributed by atoms with Gasteiger partial charge in [0, 0.05) is 30.2 Å². The van der Waals surface area contributed by atoms with Crippen molar-refractivity contribution in [3.05, 3.63) is 64.7 Å². The van der Waals surface area contributed by atoms with E-state index < -0.39 is 10.0 Å². The molecule has 1 N–H and O–H groups in total. The Hall–Kier alpha value is -1.89. The number of hydrogen-bond donors (Lipinski definition) is 1. The van der Waals surface area contributed by atoms with Gasteiger partial charge in [-0.15, -0.1) is 0 Å². The number of benzene rings is 2. The molecule has 2 aromatic rings. The van der Waals surface area contributed by atoms with E-state index in [0.29, 0.717) is 29.2 Å². The molecule has 2 aromatic carbocycles. The third kappa shape index (κ3) is 4.26. The zero-order valence-electron chi connectivity index (χ0n) is 14.3. The van der Waals surface area contributed by atoms with Crippen molar-refractivity contribution >= 4 is 27.5 Å². The summed E-state index contributed by atoms with van der Waals surface area (Å²) in [5, 5.41) is 3.34. The maximum Gasteiger partial charge on any atom is 0.251 e. The maximum absolute atomic E-state index is 13.0. The van der Waals surface area contributed by atoms with E-state index in [4.69, 9.17) is 11.6 Å². The molecule has 0 unspecified atom stereocenters. The zero-order chi connectivity index (χ0) is 18.6. The van der Waals surface area contributed by atoms with Crippen molar-refractivity contribution in [2.24, 2.45) is 0 Å². The zero-order valence-corrected chi connectivity index (χ0v) is 15.9. The number of carbonyl (C=O) groups excluding carboxylic acids is 1. The van der Waals surface area contributed by atoms with Crippen molar-refractivity contribution in [3.63, 3.8) is 0 Å². The van der Waals surface area contributed by atoms with Crippen LogP contribution in [-0.4, -0.2) is 31.7 Å². The van der Waals surface area contributed by atoms with Gasteiger partial charge in [-0.2, -0.15) is 4.31 Å². The number of hydrogen-bond acceptors (Lipinski definition) is 3. The highest BCUT2D eigenvalue weighted by Crippen LogP contribution is 2.23. The molecule has 1 saturated heterocycles. The van der Waals surface area contributed by atoms with Crippen LogP contribution in [0.15, 0.2) is 53.4 Å². The molecule has 1 amide bonds. The van der Waals surface area contributed by atoms with E-state index in [1.54, 1.807) is 48.5 Å². The fraction of sp³-hybridized carbons (Fsp3) is 0.316. The van der Waals surface area contributed by atoms with E-state index in [-0.39, 0.29) is 17.3 Å². The summed E-state index contributed by atoms with van der Waals surface area (Å²) in [5.41, 5.74) is 1.06. The lowest BCUT2D eigenvalue weighted by molar-refractivity contribution is 0.0950. The molecule has 5 nitrogen and oxygen atoms in total. The van der Waals surface area contributed by atoms with Crippen molar-refractivity contribution in [1.29, 1.82) is 0 Å². The van der Waals surface area contributed by atoms with Gasteiger partial charge < -0.3 is 5.32 Å². The highest BCUT2D eigenvalue weighted by Gasteiger charge is 2.27. The normalized spacial score (nSPS) is 15.6. The number of piperidine rings is 1. The Kier molecular flexibility index (Phi) is 5.96. The Bertz CT molecular complexity index is 876. The first-order valence-corrected chi connectivity index (χ1v) is 10.4. The third-order valence-electron chi connectivity index (χ3n) is 4.45. The molecule has 26 heavy (non-hydrogen) atoms. The van der Waals surface area contributed by atoms with E-state index in [1.807, 2.05) is 0 Å². The SMILES string of the molecule is O=C(NCc1ccccc1S(=O)(=O)N1CCCCC1)c1ccc(Cl)cc1. The molecule has 0 atom stereocenters. The summed E-state index contributed by atoms with van der Waals surface area (Å²) >= 11 is 5.83. The van der Waals surface area contributed by atoms with Gasteiger partial charge in [-0.1, -0.05) is 36.2 Å². The van der Waals surface area contributed by atoms with Crippen molar-refractivity contribution < 1.29 is 13.2 Å². The summed E-state index contributed by atoms with van der Waals surface area (Å²) in [7, 11) is -3.55. The van der Waals surface area contributed by atoms with Crippen LogP contribution in [0.25, 0.3) is 0 Å². The average Bonchev–Trinajstić information content (AvgIpc) is 2.67. The Labute approximate surface area is 159 Å². The third-order valence-corrected chi connectivity index (χ3v) is 6.70. The standard InChI is InChI=1S/C19H21ClN2O3S/c20-17-10-8-15(9-11-17)19(23)21-14-16-6-2-3-7-18(16)26(24,25)22-12-4-1-5-13-22/h2-3,6-11H,1,4-5,12-14H2,(H,21,23). The number of rotatable bonds is 5. The van der Waals surface area contributed by atoms with E-state index in [1.165, 1.54) is 4.31 Å². The molecule has 0 aliphatic carbocycles. The molecule has 1 aliphatic heterocycles. The van der Waals surface area contributed by atoms with Gasteiger partial charge in [0.05, 0.1) is 4.90 Å². The maximum atomic E-state index is 13.0. The molecular formula is C19H21ClN2O3S. The van der Waals surface area contributed by atoms with E-state index in [9.17, 15) is 13.2 Å². The van der Waals surface area contributed by atoms with Gasteiger partial charge in [0.1, 0.15) is 0 Å². The Morgan fingerprint density at radius 3 is 2.35 bits per heavy atom. The van der Waals surface area contributed by atoms with Crippen LogP contribution in [-0.2, 0) is 16.6 Å². The first-order chi connectivity index (χ1) is 12.5. The van der Waals surface area contributed by atoms with Crippen LogP contribution in [0.4, 0.5) is 0 Å². The molecular weight excluding hydrogens is 372 g/mol. The molecule has 7 heteroatoms. The van der Waals surface area contributed by atoms with Crippen LogP contribution in [0.1, 0.15) is 35.2 Å². The molecule has 0 saturated carbocycles. The van der Waals surface area contributed by atoms with Crippen molar-refractivity contribution in [3.8, 4) is 0 Å². The summed E-state index contributed by atoms with van der Waals surface area (Å²) in [6.45, 7) is 1.24. The molecule has 0 bridgehead atoms. The molecule has 1 heterocycles. The number of nitrogens with zero attached hydrogens (tertiary/aromatic N) is 1. The summed E-state index contributed by atoms with van der Waals surface area (Å²) in [5.74, 6) is -0.271. The second-order valence-electron chi connectivity index (χ2n) is 6.26. The minimum Gasteiger partial charge on any atom is -0.348 e. The molecule has 1 aliphatic rings. The molecule has 138 valence electrons. The largest absolute Gasteiger partial charge is 0.348 e. The van der Waals surface area contributed by atoms with Crippen molar-refractivity contribution in [2.45, 2.75) is 30.7 Å². The van der Waals surface area contributed by atoms with Gasteiger partial charge in [-0.3, -0.25) is 4.79 Å². The summed E-state index contributed by atoms with van der Waals surface area (Å²) in [6, 6.07) is 13.4. The topological polar surface area (TPSA) is 66.5 Å². The van der Waals surface area contributed by atoms with Crippen LogP contribution >= 0.6 is 11.6 Å². The van der Waals surface area contributed by atoms with Gasteiger partial charge >= 0.3 is 0 Å². The molecule has 0 spiro atoms. The molecule has 0 radical (unpaired) electrons. The van der Waals surface area contributed by atoms with Crippen LogP contribution in [0.5, 0.6) is 0 Å².